The first-order chi connectivity index (χ1) is 5.25. The molecule has 0 aliphatic carbocycles. The summed E-state index contributed by atoms with van der Waals surface area (Å²) in [6.45, 7) is 4.37. The molecule has 0 aromatic rings. The van der Waals surface area contributed by atoms with Crippen LogP contribution in [-0.4, -0.2) is 37.7 Å². The number of methoxy groups -OCH3 is 1. The Bertz CT molecular complexity index is 127. The average Bonchev–Trinajstić information content (AvgIpc) is 2.35. The lowest BCUT2D eigenvalue weighted by Gasteiger charge is -2.34. The minimum atomic E-state index is 0.356. The Morgan fingerprint density at radius 2 is 2.27 bits per heavy atom. The Morgan fingerprint density at radius 1 is 1.55 bits per heavy atom. The third kappa shape index (κ3) is 1.57. The van der Waals surface area contributed by atoms with Gasteiger partial charge in [0, 0.05) is 12.6 Å². The second kappa shape index (κ2) is 3.55. The van der Waals surface area contributed by atoms with Gasteiger partial charge in [0.15, 0.2) is 0 Å². The third-order valence-corrected chi connectivity index (χ3v) is 3.02. The average molecular weight is 157 g/mol. The topological polar surface area (TPSA) is 12.5 Å². The van der Waals surface area contributed by atoms with Crippen molar-refractivity contribution in [2.24, 2.45) is 0 Å². The van der Waals surface area contributed by atoms with Crippen LogP contribution in [0.25, 0.3) is 0 Å². The predicted molar refractivity (Wildman–Crippen MR) is 46.8 cm³/mol. The van der Waals surface area contributed by atoms with Crippen molar-refractivity contribution in [3.8, 4) is 0 Å². The highest BCUT2D eigenvalue weighted by molar-refractivity contribution is 4.92. The molecule has 1 unspecified atom stereocenters. The Balaban J connectivity index is 2.57. The molecule has 0 N–H and O–H groups in total. The van der Waals surface area contributed by atoms with E-state index in [-0.39, 0.29) is 0 Å². The molecule has 66 valence electrons. The zero-order valence-corrected chi connectivity index (χ0v) is 7.89. The number of rotatable bonds is 3. The van der Waals surface area contributed by atoms with E-state index in [1.807, 2.05) is 0 Å². The van der Waals surface area contributed by atoms with Crippen LogP contribution in [0, 0.1) is 0 Å². The van der Waals surface area contributed by atoms with Crippen molar-refractivity contribution in [3.05, 3.63) is 0 Å². The number of hydrogen-bond donors (Lipinski definition) is 0. The van der Waals surface area contributed by atoms with Gasteiger partial charge in [0.2, 0.25) is 0 Å². The zero-order valence-electron chi connectivity index (χ0n) is 7.89. The summed E-state index contributed by atoms with van der Waals surface area (Å²) in [5.74, 6) is 0. The minimum absolute atomic E-state index is 0.356. The molecule has 0 bridgehead atoms. The Hall–Kier alpha value is -0.0800. The number of hydrogen-bond acceptors (Lipinski definition) is 2. The summed E-state index contributed by atoms with van der Waals surface area (Å²) in [6.07, 6.45) is 3.83. The minimum Gasteiger partial charge on any atom is -0.383 e. The third-order valence-electron chi connectivity index (χ3n) is 3.02. The Kier molecular flexibility index (Phi) is 2.90. The quantitative estimate of drug-likeness (QED) is 0.615. The van der Waals surface area contributed by atoms with Gasteiger partial charge >= 0.3 is 0 Å². The van der Waals surface area contributed by atoms with Crippen LogP contribution in [0.1, 0.15) is 26.2 Å². The normalized spacial score (nSPS) is 33.0. The number of likely N-dealkylation sites (N-methyl/N-ethyl adjacent to an activating group) is 1. The maximum atomic E-state index is 5.25. The van der Waals surface area contributed by atoms with E-state index in [2.05, 4.69) is 18.9 Å². The summed E-state index contributed by atoms with van der Waals surface area (Å²) in [4.78, 5) is 2.44. The smallest absolute Gasteiger partial charge is 0.0646 e. The molecular formula is C9H19NO. The van der Waals surface area contributed by atoms with Gasteiger partial charge in [-0.2, -0.15) is 0 Å². The summed E-state index contributed by atoms with van der Waals surface area (Å²) in [5, 5.41) is 0. The summed E-state index contributed by atoms with van der Waals surface area (Å²) >= 11 is 0. The fourth-order valence-corrected chi connectivity index (χ4v) is 2.07. The summed E-state index contributed by atoms with van der Waals surface area (Å²) < 4.78 is 5.25. The van der Waals surface area contributed by atoms with Crippen molar-refractivity contribution in [2.75, 3.05) is 27.3 Å². The number of ether oxygens (including phenoxy) is 1. The van der Waals surface area contributed by atoms with Crippen LogP contribution in [0.15, 0.2) is 0 Å². The molecule has 2 heteroatoms. The monoisotopic (exact) mass is 157 g/mol. The van der Waals surface area contributed by atoms with E-state index < -0.39 is 0 Å². The van der Waals surface area contributed by atoms with Crippen molar-refractivity contribution in [3.63, 3.8) is 0 Å². The van der Waals surface area contributed by atoms with E-state index in [1.54, 1.807) is 7.11 Å². The molecule has 0 aromatic heterocycles. The lowest BCUT2D eigenvalue weighted by molar-refractivity contribution is 0.0501. The van der Waals surface area contributed by atoms with Crippen LogP contribution in [-0.2, 0) is 4.74 Å². The maximum absolute atomic E-state index is 5.25. The molecule has 0 saturated carbocycles. The molecular weight excluding hydrogens is 138 g/mol. The summed E-state index contributed by atoms with van der Waals surface area (Å²) in [5.41, 5.74) is 0.356. The van der Waals surface area contributed by atoms with Crippen LogP contribution in [0.3, 0.4) is 0 Å². The molecule has 1 heterocycles. The summed E-state index contributed by atoms with van der Waals surface area (Å²) in [6, 6.07) is 0. The van der Waals surface area contributed by atoms with Crippen molar-refractivity contribution in [1.29, 1.82) is 0 Å². The van der Waals surface area contributed by atoms with Gasteiger partial charge in [0.1, 0.15) is 0 Å². The van der Waals surface area contributed by atoms with Gasteiger partial charge in [-0.3, -0.25) is 4.90 Å². The van der Waals surface area contributed by atoms with E-state index in [0.29, 0.717) is 5.54 Å². The predicted octanol–water partition coefficient (Wildman–Crippen LogP) is 1.51. The highest BCUT2D eigenvalue weighted by atomic mass is 16.5. The van der Waals surface area contributed by atoms with E-state index in [1.165, 1.54) is 25.8 Å². The molecule has 1 aliphatic rings. The molecule has 1 rings (SSSR count). The Labute approximate surface area is 69.5 Å². The maximum Gasteiger partial charge on any atom is 0.0646 e. The molecule has 0 aromatic carbocycles. The first kappa shape index (κ1) is 9.01. The largest absolute Gasteiger partial charge is 0.383 e. The van der Waals surface area contributed by atoms with E-state index >= 15 is 0 Å². The fourth-order valence-electron chi connectivity index (χ4n) is 2.07. The standard InChI is InChI=1S/C9H19NO/c1-4-9(8-11-3)6-5-7-10(9)2/h4-8H2,1-3H3. The van der Waals surface area contributed by atoms with Crippen molar-refractivity contribution in [2.45, 2.75) is 31.7 Å². The molecule has 0 amide bonds. The van der Waals surface area contributed by atoms with Crippen molar-refractivity contribution < 1.29 is 4.74 Å². The molecule has 0 radical (unpaired) electrons. The van der Waals surface area contributed by atoms with Crippen LogP contribution in [0.5, 0.6) is 0 Å². The van der Waals surface area contributed by atoms with Crippen LogP contribution in [0.2, 0.25) is 0 Å². The van der Waals surface area contributed by atoms with E-state index in [0.717, 1.165) is 6.61 Å². The van der Waals surface area contributed by atoms with Crippen LogP contribution < -0.4 is 0 Å². The molecule has 2 nitrogen and oxygen atoms in total. The van der Waals surface area contributed by atoms with Crippen LogP contribution >= 0.6 is 0 Å². The first-order valence-corrected chi connectivity index (χ1v) is 4.45. The summed E-state index contributed by atoms with van der Waals surface area (Å²) in [7, 11) is 4.00. The highest BCUT2D eigenvalue weighted by Gasteiger charge is 2.36. The fraction of sp³-hybridized carbons (Fsp3) is 1.00. The van der Waals surface area contributed by atoms with Gasteiger partial charge in [-0.15, -0.1) is 0 Å². The molecule has 1 fully saturated rings. The lowest BCUT2D eigenvalue weighted by Crippen LogP contribution is -2.44. The van der Waals surface area contributed by atoms with Gasteiger partial charge in [0.05, 0.1) is 6.61 Å². The molecule has 1 atom stereocenters. The second-order valence-electron chi connectivity index (χ2n) is 3.54. The number of nitrogens with zero attached hydrogens (tertiary/aromatic N) is 1. The van der Waals surface area contributed by atoms with Crippen molar-refractivity contribution >= 4 is 0 Å². The number of likely N-dealkylation sites (tertiary alicyclic amines) is 1. The van der Waals surface area contributed by atoms with Gasteiger partial charge in [-0.05, 0) is 32.9 Å². The molecule has 0 spiro atoms. The lowest BCUT2D eigenvalue weighted by atomic mass is 9.94. The Morgan fingerprint density at radius 3 is 2.64 bits per heavy atom. The SMILES string of the molecule is CCC1(COC)CCCN1C. The van der Waals surface area contributed by atoms with Gasteiger partial charge < -0.3 is 4.74 Å². The molecule has 11 heavy (non-hydrogen) atoms. The molecule has 1 saturated heterocycles. The van der Waals surface area contributed by atoms with E-state index in [9.17, 15) is 0 Å². The first-order valence-electron chi connectivity index (χ1n) is 4.45. The second-order valence-corrected chi connectivity index (χ2v) is 3.54. The van der Waals surface area contributed by atoms with Gasteiger partial charge in [-0.25, -0.2) is 0 Å². The van der Waals surface area contributed by atoms with Gasteiger partial charge in [0.25, 0.3) is 0 Å². The molecule has 1 aliphatic heterocycles. The zero-order chi connectivity index (χ0) is 8.32. The highest BCUT2D eigenvalue weighted by Crippen LogP contribution is 2.30. The van der Waals surface area contributed by atoms with Crippen molar-refractivity contribution in [1.82, 2.24) is 4.90 Å². The van der Waals surface area contributed by atoms with Crippen LogP contribution in [0.4, 0.5) is 0 Å². The van der Waals surface area contributed by atoms with Gasteiger partial charge in [-0.1, -0.05) is 6.92 Å². The van der Waals surface area contributed by atoms with E-state index in [4.69, 9.17) is 4.74 Å².